The number of pyridine rings is 1. The second kappa shape index (κ2) is 6.23. The molecule has 1 aromatic carbocycles. The highest BCUT2D eigenvalue weighted by Gasteiger charge is 2.32. The van der Waals surface area contributed by atoms with E-state index in [-0.39, 0.29) is 0 Å². The first-order valence-corrected chi connectivity index (χ1v) is 8.03. The van der Waals surface area contributed by atoms with Crippen LogP contribution in [0.1, 0.15) is 5.56 Å². The quantitative estimate of drug-likeness (QED) is 0.839. The number of aromatic nitrogens is 1. The van der Waals surface area contributed by atoms with Crippen molar-refractivity contribution < 1.29 is 35.1 Å². The van der Waals surface area contributed by atoms with Gasteiger partial charge in [0.2, 0.25) is 15.9 Å². The lowest BCUT2D eigenvalue weighted by Gasteiger charge is -2.14. The highest BCUT2D eigenvalue weighted by Crippen LogP contribution is 2.35. The van der Waals surface area contributed by atoms with Crippen LogP contribution in [0.25, 0.3) is 0 Å². The average Bonchev–Trinajstić information content (AvgIpc) is 2.40. The molecule has 2 aromatic rings. The number of ether oxygens (including phenoxy) is 1. The Morgan fingerprint density at radius 3 is 2.38 bits per heavy atom. The molecule has 2 rings (SSSR count). The molecular weight excluding hydrogens is 359 g/mol. The molecule has 0 aliphatic rings. The molecule has 0 fully saturated rings. The van der Waals surface area contributed by atoms with E-state index in [0.29, 0.717) is 24.6 Å². The van der Waals surface area contributed by atoms with E-state index >= 15 is 0 Å². The van der Waals surface area contributed by atoms with Gasteiger partial charge in [-0.25, -0.2) is 22.2 Å². The first-order chi connectivity index (χ1) is 11.0. The third kappa shape index (κ3) is 4.54. The Labute approximate surface area is 133 Å². The summed E-state index contributed by atoms with van der Waals surface area (Å²) in [6.45, 7) is 0. The van der Waals surface area contributed by atoms with Crippen molar-refractivity contribution in [3.05, 3.63) is 47.7 Å². The van der Waals surface area contributed by atoms with Gasteiger partial charge in [-0.2, -0.15) is 13.2 Å². The first-order valence-electron chi connectivity index (χ1n) is 6.13. The lowest BCUT2D eigenvalue weighted by atomic mass is 10.2. The maximum absolute atomic E-state index is 13.6. The number of nitrogens with one attached hydrogen (secondary N) is 1. The van der Waals surface area contributed by atoms with Gasteiger partial charge in [-0.3, -0.25) is 4.72 Å². The van der Waals surface area contributed by atoms with Crippen molar-refractivity contribution in [2.75, 3.05) is 11.0 Å². The van der Waals surface area contributed by atoms with Gasteiger partial charge in [-0.1, -0.05) is 0 Å². The summed E-state index contributed by atoms with van der Waals surface area (Å²) >= 11 is 0. The molecule has 11 heteroatoms. The Kier molecular flexibility index (Phi) is 4.65. The van der Waals surface area contributed by atoms with E-state index in [2.05, 4.69) is 4.98 Å². The molecule has 0 saturated heterocycles. The van der Waals surface area contributed by atoms with Gasteiger partial charge in [0.25, 0.3) is 0 Å². The number of anilines is 1. The molecule has 0 spiro atoms. The summed E-state index contributed by atoms with van der Waals surface area (Å²) in [6, 6.07) is 2.67. The van der Waals surface area contributed by atoms with Gasteiger partial charge in [-0.15, -0.1) is 0 Å². The SMILES string of the molecule is CS(=O)(=O)Nc1cc(C(F)(F)F)cnc1Oc1ccc(F)cc1F. The third-order valence-electron chi connectivity index (χ3n) is 2.57. The second-order valence-electron chi connectivity index (χ2n) is 4.63. The maximum Gasteiger partial charge on any atom is 0.417 e. The summed E-state index contributed by atoms with van der Waals surface area (Å²) in [5, 5.41) is 0. The standard InChI is InChI=1S/C13H9F5N2O3S/c1-24(21,22)20-10-4-7(13(16,17)18)6-19-12(10)23-11-3-2-8(14)5-9(11)15/h2-6,20H,1H3. The van der Waals surface area contributed by atoms with Crippen LogP contribution in [0, 0.1) is 11.6 Å². The number of sulfonamides is 1. The summed E-state index contributed by atoms with van der Waals surface area (Å²) < 4.78 is 93.9. The minimum absolute atomic E-state index is 0.393. The second-order valence-corrected chi connectivity index (χ2v) is 6.37. The number of alkyl halides is 3. The van der Waals surface area contributed by atoms with Crippen LogP contribution >= 0.6 is 0 Å². The largest absolute Gasteiger partial charge is 0.434 e. The number of hydrogen-bond donors (Lipinski definition) is 1. The Morgan fingerprint density at radius 2 is 1.83 bits per heavy atom. The van der Waals surface area contributed by atoms with Crippen LogP contribution in [-0.4, -0.2) is 19.7 Å². The van der Waals surface area contributed by atoms with Gasteiger partial charge in [0.1, 0.15) is 11.5 Å². The van der Waals surface area contributed by atoms with Crippen LogP contribution in [0.15, 0.2) is 30.5 Å². The van der Waals surface area contributed by atoms with Gasteiger partial charge in [0.15, 0.2) is 11.6 Å². The minimum atomic E-state index is -4.78. The Balaban J connectivity index is 2.48. The number of hydrogen-bond acceptors (Lipinski definition) is 4. The zero-order valence-electron chi connectivity index (χ0n) is 11.9. The predicted octanol–water partition coefficient (Wildman–Crippen LogP) is 3.54. The van der Waals surface area contributed by atoms with Crippen molar-refractivity contribution in [1.29, 1.82) is 0 Å². The highest BCUT2D eigenvalue weighted by molar-refractivity contribution is 7.92. The van der Waals surface area contributed by atoms with Crippen LogP contribution in [-0.2, 0) is 16.2 Å². The van der Waals surface area contributed by atoms with Gasteiger partial charge >= 0.3 is 6.18 Å². The summed E-state index contributed by atoms with van der Waals surface area (Å²) in [5.74, 6) is -3.20. The molecule has 130 valence electrons. The van der Waals surface area contributed by atoms with E-state index in [1.54, 1.807) is 4.72 Å². The zero-order chi connectivity index (χ0) is 18.1. The van der Waals surface area contributed by atoms with E-state index < -0.39 is 50.7 Å². The molecule has 24 heavy (non-hydrogen) atoms. The summed E-state index contributed by atoms with van der Waals surface area (Å²) in [6.07, 6.45) is -3.68. The number of nitrogens with zero attached hydrogens (tertiary/aromatic N) is 1. The molecule has 1 aromatic heterocycles. The van der Waals surface area contributed by atoms with Crippen LogP contribution in [0.2, 0.25) is 0 Å². The van der Waals surface area contributed by atoms with Crippen LogP contribution in [0.4, 0.5) is 27.6 Å². The maximum atomic E-state index is 13.6. The monoisotopic (exact) mass is 368 g/mol. The summed E-state index contributed by atoms with van der Waals surface area (Å²) in [4.78, 5) is 3.36. The molecule has 0 amide bonds. The molecular formula is C13H9F5N2O3S. The molecule has 5 nitrogen and oxygen atoms in total. The van der Waals surface area contributed by atoms with Crippen molar-refractivity contribution >= 4 is 15.7 Å². The van der Waals surface area contributed by atoms with Crippen molar-refractivity contribution in [3.8, 4) is 11.6 Å². The topological polar surface area (TPSA) is 68.3 Å². The Bertz CT molecular complexity index is 868. The van der Waals surface area contributed by atoms with Crippen LogP contribution < -0.4 is 9.46 Å². The fraction of sp³-hybridized carbons (Fsp3) is 0.154. The molecule has 0 aliphatic carbocycles. The molecule has 0 unspecified atom stereocenters. The first kappa shape index (κ1) is 17.9. The van der Waals surface area contributed by atoms with Crippen molar-refractivity contribution in [3.63, 3.8) is 0 Å². The highest BCUT2D eigenvalue weighted by atomic mass is 32.2. The van der Waals surface area contributed by atoms with E-state index in [9.17, 15) is 30.4 Å². The number of benzene rings is 1. The normalized spacial score (nSPS) is 12.1. The fourth-order valence-electron chi connectivity index (χ4n) is 1.62. The van der Waals surface area contributed by atoms with Crippen molar-refractivity contribution in [2.24, 2.45) is 0 Å². The molecule has 0 saturated carbocycles. The van der Waals surface area contributed by atoms with E-state index in [1.807, 2.05) is 0 Å². The van der Waals surface area contributed by atoms with Gasteiger partial charge in [0, 0.05) is 12.3 Å². The van der Waals surface area contributed by atoms with E-state index in [0.717, 1.165) is 12.1 Å². The predicted molar refractivity (Wildman–Crippen MR) is 74.1 cm³/mol. The number of rotatable bonds is 4. The Morgan fingerprint density at radius 1 is 1.17 bits per heavy atom. The smallest absolute Gasteiger partial charge is 0.417 e. The van der Waals surface area contributed by atoms with Crippen LogP contribution in [0.3, 0.4) is 0 Å². The molecule has 1 heterocycles. The summed E-state index contributed by atoms with van der Waals surface area (Å²) in [5.41, 5.74) is -1.88. The molecule has 0 atom stereocenters. The average molecular weight is 368 g/mol. The lowest BCUT2D eigenvalue weighted by molar-refractivity contribution is -0.137. The molecule has 0 bridgehead atoms. The zero-order valence-corrected chi connectivity index (χ0v) is 12.7. The summed E-state index contributed by atoms with van der Waals surface area (Å²) in [7, 11) is -3.96. The van der Waals surface area contributed by atoms with Crippen molar-refractivity contribution in [2.45, 2.75) is 6.18 Å². The van der Waals surface area contributed by atoms with Gasteiger partial charge < -0.3 is 4.74 Å². The third-order valence-corrected chi connectivity index (χ3v) is 3.17. The molecule has 0 radical (unpaired) electrons. The van der Waals surface area contributed by atoms with Gasteiger partial charge in [0.05, 0.1) is 11.8 Å². The van der Waals surface area contributed by atoms with E-state index in [1.165, 1.54) is 0 Å². The molecule has 0 aliphatic heterocycles. The fourth-order valence-corrected chi connectivity index (χ4v) is 2.17. The number of halogens is 5. The minimum Gasteiger partial charge on any atom is -0.434 e. The Hall–Kier alpha value is -2.43. The van der Waals surface area contributed by atoms with Crippen molar-refractivity contribution in [1.82, 2.24) is 4.98 Å². The molecule has 1 N–H and O–H groups in total. The van der Waals surface area contributed by atoms with Crippen LogP contribution in [0.5, 0.6) is 11.6 Å². The van der Waals surface area contributed by atoms with E-state index in [4.69, 9.17) is 4.74 Å². The lowest BCUT2D eigenvalue weighted by Crippen LogP contribution is -2.13. The van der Waals surface area contributed by atoms with Gasteiger partial charge in [-0.05, 0) is 18.2 Å².